The molecule has 0 aromatic rings. The van der Waals surface area contributed by atoms with Crippen molar-refractivity contribution in [3.8, 4) is 0 Å². The van der Waals surface area contributed by atoms with Crippen molar-refractivity contribution in [1.29, 1.82) is 0 Å². The summed E-state index contributed by atoms with van der Waals surface area (Å²) in [6, 6.07) is 0. The van der Waals surface area contributed by atoms with Crippen LogP contribution in [0.2, 0.25) is 0 Å². The molecule has 15 heavy (non-hydrogen) atoms. The van der Waals surface area contributed by atoms with Gasteiger partial charge in [0.05, 0.1) is 0 Å². The predicted octanol–water partition coefficient (Wildman–Crippen LogP) is 2.92. The van der Waals surface area contributed by atoms with E-state index in [4.69, 9.17) is 5.11 Å². The van der Waals surface area contributed by atoms with Crippen molar-refractivity contribution < 1.29 is 9.90 Å². The van der Waals surface area contributed by atoms with Crippen molar-refractivity contribution in [2.45, 2.75) is 58.4 Å². The number of carboxylic acid groups (broad SMARTS) is 1. The van der Waals surface area contributed by atoms with E-state index in [1.165, 1.54) is 25.7 Å². The zero-order valence-electron chi connectivity index (χ0n) is 10.0. The molecule has 0 saturated carbocycles. The number of hydrogen-bond donors (Lipinski definition) is 2. The first-order chi connectivity index (χ1) is 7.00. The first-order valence-corrected chi connectivity index (χ1v) is 5.67. The van der Waals surface area contributed by atoms with Gasteiger partial charge in [-0.05, 0) is 32.9 Å². The second-order valence-corrected chi connectivity index (χ2v) is 4.33. The number of nitrogens with one attached hydrogen (secondary N) is 1. The summed E-state index contributed by atoms with van der Waals surface area (Å²) < 4.78 is 0. The van der Waals surface area contributed by atoms with Crippen molar-refractivity contribution in [2.75, 3.05) is 0 Å². The number of unbranched alkanes of at least 4 members (excludes halogenated alkanes) is 4. The van der Waals surface area contributed by atoms with Crippen LogP contribution in [0.25, 0.3) is 0 Å². The van der Waals surface area contributed by atoms with Crippen LogP contribution in [-0.4, -0.2) is 16.6 Å². The predicted molar refractivity (Wildman–Crippen MR) is 62.7 cm³/mol. The summed E-state index contributed by atoms with van der Waals surface area (Å²) in [4.78, 5) is 10.7. The van der Waals surface area contributed by atoms with E-state index < -0.39 is 11.5 Å². The summed E-state index contributed by atoms with van der Waals surface area (Å²) in [6.07, 6.45) is 9.72. The van der Waals surface area contributed by atoms with Gasteiger partial charge in [-0.15, -0.1) is 0 Å². The summed E-state index contributed by atoms with van der Waals surface area (Å²) >= 11 is 0. The highest BCUT2D eigenvalue weighted by Crippen LogP contribution is 2.04. The number of allylic oxidation sites excluding steroid dienone is 1. The fourth-order valence-electron chi connectivity index (χ4n) is 1.10. The average molecular weight is 213 g/mol. The Kier molecular flexibility index (Phi) is 6.84. The minimum atomic E-state index is -0.875. The van der Waals surface area contributed by atoms with Crippen molar-refractivity contribution in [1.82, 2.24) is 5.32 Å². The highest BCUT2D eigenvalue weighted by Gasteiger charge is 2.24. The van der Waals surface area contributed by atoms with E-state index in [0.717, 1.165) is 6.42 Å². The molecule has 0 aliphatic heterocycles. The van der Waals surface area contributed by atoms with Crippen molar-refractivity contribution >= 4 is 5.97 Å². The fraction of sp³-hybridized carbons (Fsp3) is 0.750. The Labute approximate surface area is 92.6 Å². The zero-order valence-corrected chi connectivity index (χ0v) is 10.0. The molecule has 2 N–H and O–H groups in total. The molecule has 3 nitrogen and oxygen atoms in total. The number of carboxylic acids is 1. The van der Waals surface area contributed by atoms with Gasteiger partial charge in [-0.25, -0.2) is 4.79 Å². The van der Waals surface area contributed by atoms with Gasteiger partial charge in [-0.2, -0.15) is 0 Å². The summed E-state index contributed by atoms with van der Waals surface area (Å²) in [6.45, 7) is 5.49. The van der Waals surface area contributed by atoms with Crippen LogP contribution in [0.3, 0.4) is 0 Å². The first-order valence-electron chi connectivity index (χ1n) is 5.67. The van der Waals surface area contributed by atoms with Crippen LogP contribution in [0.4, 0.5) is 0 Å². The third-order valence-corrected chi connectivity index (χ3v) is 2.32. The van der Waals surface area contributed by atoms with E-state index in [2.05, 4.69) is 12.2 Å². The Balaban J connectivity index is 3.58. The van der Waals surface area contributed by atoms with Crippen LogP contribution < -0.4 is 5.32 Å². The van der Waals surface area contributed by atoms with Crippen LogP contribution in [-0.2, 0) is 4.79 Å². The first kappa shape index (κ1) is 14.0. The molecule has 0 fully saturated rings. The lowest BCUT2D eigenvalue weighted by molar-refractivity contribution is -0.142. The Morgan fingerprint density at radius 1 is 1.33 bits per heavy atom. The molecule has 3 heteroatoms. The molecule has 0 aromatic heterocycles. The molecule has 0 spiro atoms. The Hall–Kier alpha value is -0.990. The van der Waals surface area contributed by atoms with Gasteiger partial charge < -0.3 is 10.4 Å². The summed E-state index contributed by atoms with van der Waals surface area (Å²) in [7, 11) is 0. The van der Waals surface area contributed by atoms with Crippen molar-refractivity contribution in [3.63, 3.8) is 0 Å². The Bertz CT molecular complexity index is 210. The lowest BCUT2D eigenvalue weighted by Gasteiger charge is -2.19. The summed E-state index contributed by atoms with van der Waals surface area (Å²) in [5.74, 6) is -0.835. The highest BCUT2D eigenvalue weighted by molar-refractivity contribution is 5.77. The topological polar surface area (TPSA) is 49.3 Å². The van der Waals surface area contributed by atoms with Crippen LogP contribution in [0.15, 0.2) is 12.3 Å². The number of hydrogen-bond acceptors (Lipinski definition) is 2. The van der Waals surface area contributed by atoms with Crippen LogP contribution >= 0.6 is 0 Å². The van der Waals surface area contributed by atoms with Crippen LogP contribution in [0, 0.1) is 0 Å². The van der Waals surface area contributed by atoms with Crippen molar-refractivity contribution in [2.24, 2.45) is 0 Å². The molecule has 88 valence electrons. The van der Waals surface area contributed by atoms with E-state index in [-0.39, 0.29) is 0 Å². The molecular formula is C12H23NO2. The molecular weight excluding hydrogens is 190 g/mol. The van der Waals surface area contributed by atoms with Crippen LogP contribution in [0.5, 0.6) is 0 Å². The largest absolute Gasteiger partial charge is 0.480 e. The lowest BCUT2D eigenvalue weighted by Crippen LogP contribution is -2.43. The normalized spacial score (nSPS) is 11.9. The van der Waals surface area contributed by atoms with Gasteiger partial charge in [0.2, 0.25) is 0 Å². The molecule has 0 aliphatic carbocycles. The average Bonchev–Trinajstić information content (AvgIpc) is 2.16. The maximum Gasteiger partial charge on any atom is 0.328 e. The van der Waals surface area contributed by atoms with Gasteiger partial charge in [-0.1, -0.05) is 32.3 Å². The van der Waals surface area contributed by atoms with Gasteiger partial charge >= 0.3 is 5.97 Å². The van der Waals surface area contributed by atoms with Gasteiger partial charge in [0.25, 0.3) is 0 Å². The number of rotatable bonds is 8. The molecule has 0 saturated heterocycles. The van der Waals surface area contributed by atoms with E-state index >= 15 is 0 Å². The maximum absolute atomic E-state index is 10.7. The smallest absolute Gasteiger partial charge is 0.328 e. The molecule has 0 rings (SSSR count). The zero-order chi connectivity index (χ0) is 11.7. The van der Waals surface area contributed by atoms with Gasteiger partial charge in [0.15, 0.2) is 0 Å². The van der Waals surface area contributed by atoms with Crippen LogP contribution in [0.1, 0.15) is 52.9 Å². The molecule has 0 aromatic carbocycles. The summed E-state index contributed by atoms with van der Waals surface area (Å²) in [5, 5.41) is 11.7. The fourth-order valence-corrected chi connectivity index (χ4v) is 1.10. The van der Waals surface area contributed by atoms with E-state index in [9.17, 15) is 4.79 Å². The minimum absolute atomic E-state index is 0.835. The van der Waals surface area contributed by atoms with Gasteiger partial charge in [0, 0.05) is 0 Å². The quantitative estimate of drug-likeness (QED) is 0.609. The third kappa shape index (κ3) is 7.00. The Morgan fingerprint density at radius 3 is 2.53 bits per heavy atom. The molecule has 0 bridgehead atoms. The third-order valence-electron chi connectivity index (χ3n) is 2.32. The SMILES string of the molecule is CCCCCCC=CNC(C)(C)C(=O)O. The van der Waals surface area contributed by atoms with E-state index in [1.807, 2.05) is 6.08 Å². The molecule has 0 unspecified atom stereocenters. The molecule has 0 heterocycles. The summed E-state index contributed by atoms with van der Waals surface area (Å²) in [5.41, 5.74) is -0.875. The monoisotopic (exact) mass is 213 g/mol. The van der Waals surface area contributed by atoms with Gasteiger partial charge in [-0.3, -0.25) is 0 Å². The number of carbonyl (C=O) groups is 1. The standard InChI is InChI=1S/C12H23NO2/c1-4-5-6-7-8-9-10-13-12(2,3)11(14)15/h9-10,13H,4-8H2,1-3H3,(H,14,15). The number of aliphatic carboxylic acids is 1. The van der Waals surface area contributed by atoms with Gasteiger partial charge in [0.1, 0.15) is 5.54 Å². The second kappa shape index (κ2) is 7.32. The molecule has 0 atom stereocenters. The van der Waals surface area contributed by atoms with E-state index in [0.29, 0.717) is 0 Å². The maximum atomic E-state index is 10.7. The minimum Gasteiger partial charge on any atom is -0.480 e. The van der Waals surface area contributed by atoms with E-state index in [1.54, 1.807) is 20.0 Å². The second-order valence-electron chi connectivity index (χ2n) is 4.33. The lowest BCUT2D eigenvalue weighted by atomic mass is 10.1. The Morgan fingerprint density at radius 2 is 2.00 bits per heavy atom. The van der Waals surface area contributed by atoms with Crippen molar-refractivity contribution in [3.05, 3.63) is 12.3 Å². The molecule has 0 amide bonds. The molecule has 0 aliphatic rings. The molecule has 0 radical (unpaired) electrons. The highest BCUT2D eigenvalue weighted by atomic mass is 16.4.